The second-order valence-electron chi connectivity index (χ2n) is 14.8. The Hall–Kier alpha value is -6.42. The summed E-state index contributed by atoms with van der Waals surface area (Å²) in [5.74, 6) is -6.44. The van der Waals surface area contributed by atoms with E-state index in [0.29, 0.717) is 75.4 Å². The first-order chi connectivity index (χ1) is 29.8. The first-order valence-electron chi connectivity index (χ1n) is 20.2. The van der Waals surface area contributed by atoms with Gasteiger partial charge in [-0.05, 0) is 35.6 Å². The lowest BCUT2D eigenvalue weighted by Crippen LogP contribution is -2.48. The number of hydrogen-bond acceptors (Lipinski definition) is 18. The van der Waals surface area contributed by atoms with E-state index in [2.05, 4.69) is 31.2 Å². The summed E-state index contributed by atoms with van der Waals surface area (Å²) in [6.45, 7) is 4.46. The van der Waals surface area contributed by atoms with Crippen molar-refractivity contribution in [3.05, 3.63) is 47.8 Å². The molecule has 4 N–H and O–H groups in total. The van der Waals surface area contributed by atoms with Gasteiger partial charge in [-0.2, -0.15) is 0 Å². The molecule has 5 heterocycles. The van der Waals surface area contributed by atoms with Gasteiger partial charge in [0.1, 0.15) is 37.3 Å². The molecular formula is C40H52N8O14. The molecule has 0 radical (unpaired) electrons. The van der Waals surface area contributed by atoms with Crippen LogP contribution in [0.5, 0.6) is 0 Å². The number of carbonyl (C=O) groups excluding carboxylic acids is 8. The topological polar surface area (TPSA) is 272 Å². The molecule has 3 aliphatic rings. The van der Waals surface area contributed by atoms with Gasteiger partial charge in [-0.25, -0.2) is 14.8 Å². The van der Waals surface area contributed by atoms with Crippen molar-refractivity contribution in [3.63, 3.8) is 0 Å². The van der Waals surface area contributed by atoms with Crippen LogP contribution >= 0.6 is 0 Å². The molecule has 336 valence electrons. The van der Waals surface area contributed by atoms with E-state index in [-0.39, 0.29) is 25.2 Å². The molecule has 5 rings (SSSR count). The normalized spacial score (nSPS) is 22.5. The van der Waals surface area contributed by atoms with Gasteiger partial charge in [0.15, 0.2) is 25.4 Å². The molecule has 0 spiro atoms. The molecule has 62 heavy (non-hydrogen) atoms. The number of anilines is 2. The van der Waals surface area contributed by atoms with Gasteiger partial charge in [-0.15, -0.1) is 0 Å². The molecule has 0 aromatic carbocycles. The molecule has 0 aliphatic carbocycles. The van der Waals surface area contributed by atoms with E-state index in [0.717, 1.165) is 0 Å². The third-order valence-corrected chi connectivity index (χ3v) is 9.55. The van der Waals surface area contributed by atoms with Gasteiger partial charge >= 0.3 is 23.9 Å². The zero-order valence-electron chi connectivity index (χ0n) is 34.6. The van der Waals surface area contributed by atoms with Gasteiger partial charge in [0.25, 0.3) is 23.6 Å². The number of hydrogen-bond donors (Lipinski definition) is 4. The molecule has 0 saturated carbocycles. The van der Waals surface area contributed by atoms with Crippen molar-refractivity contribution in [2.45, 2.75) is 51.4 Å². The van der Waals surface area contributed by atoms with Gasteiger partial charge in [-0.1, -0.05) is 26.0 Å². The Balaban J connectivity index is 1.27. The van der Waals surface area contributed by atoms with Crippen molar-refractivity contribution in [1.29, 1.82) is 0 Å². The number of pyridine rings is 2. The Kier molecular flexibility index (Phi) is 17.7. The first-order valence-corrected chi connectivity index (χ1v) is 20.2. The summed E-state index contributed by atoms with van der Waals surface area (Å²) in [6, 6.07) is 5.60. The van der Waals surface area contributed by atoms with E-state index in [1.54, 1.807) is 38.1 Å². The highest BCUT2D eigenvalue weighted by Crippen LogP contribution is 2.17. The minimum absolute atomic E-state index is 0.0681. The molecule has 4 amide bonds. The standard InChI is InChI=1S/C40H52N8O14/c1-25(2)15-28-40(56)62-30(17-27-4-6-32(42-19-27)48-9-13-58-14-10-48)39(55)45-20-35(51)59-23-33(49)43-22-37(53)61-29(38(54)44-21-36(52)60-24-34(50)46-28)16-26-3-5-31(41-18-26)47-7-11-57-12-8-47/h3-6,18-19,25,28-30H,7-17,20-24H2,1-2H3,(H,43,49)(H,44,54)(H,45,55)(H,46,50). The average Bonchev–Trinajstić information content (AvgIpc) is 3.27. The summed E-state index contributed by atoms with van der Waals surface area (Å²) in [7, 11) is 0. The fourth-order valence-corrected chi connectivity index (χ4v) is 6.34. The molecule has 3 aliphatic heterocycles. The summed E-state index contributed by atoms with van der Waals surface area (Å²) in [5, 5.41) is 9.36. The fraction of sp³-hybridized carbons (Fsp3) is 0.550. The van der Waals surface area contributed by atoms with E-state index in [4.69, 9.17) is 28.4 Å². The van der Waals surface area contributed by atoms with Crippen molar-refractivity contribution in [3.8, 4) is 0 Å². The third-order valence-electron chi connectivity index (χ3n) is 9.55. The number of rotatable bonds is 8. The number of esters is 4. The monoisotopic (exact) mass is 868 g/mol. The highest BCUT2D eigenvalue weighted by molar-refractivity contribution is 5.91. The molecule has 22 nitrogen and oxygen atoms in total. The maximum absolute atomic E-state index is 13.6. The predicted molar refractivity (Wildman–Crippen MR) is 214 cm³/mol. The Labute approximate surface area is 357 Å². The zero-order chi connectivity index (χ0) is 44.4. The van der Waals surface area contributed by atoms with E-state index in [1.807, 2.05) is 9.80 Å². The number of aromatic nitrogens is 2. The van der Waals surface area contributed by atoms with E-state index < -0.39 is 98.6 Å². The second kappa shape index (κ2) is 23.5. The van der Waals surface area contributed by atoms with E-state index >= 15 is 0 Å². The van der Waals surface area contributed by atoms with Crippen LogP contribution in [0.3, 0.4) is 0 Å². The smallest absolute Gasteiger partial charge is 0.329 e. The van der Waals surface area contributed by atoms with E-state index in [9.17, 15) is 38.4 Å². The summed E-state index contributed by atoms with van der Waals surface area (Å²) in [4.78, 5) is 117. The lowest BCUT2D eigenvalue weighted by molar-refractivity contribution is -0.160. The highest BCUT2D eigenvalue weighted by atomic mass is 16.6. The molecule has 3 fully saturated rings. The van der Waals surface area contributed by atoms with Crippen LogP contribution in [0.15, 0.2) is 36.7 Å². The van der Waals surface area contributed by atoms with Crippen molar-refractivity contribution < 1.29 is 66.8 Å². The molecule has 3 unspecified atom stereocenters. The Morgan fingerprint density at radius 2 is 1.08 bits per heavy atom. The minimum atomic E-state index is -1.52. The van der Waals surface area contributed by atoms with Crippen LogP contribution in [-0.2, 0) is 79.6 Å². The molecular weight excluding hydrogens is 816 g/mol. The average molecular weight is 869 g/mol. The number of ether oxygens (including phenoxy) is 6. The van der Waals surface area contributed by atoms with Crippen LogP contribution < -0.4 is 31.1 Å². The Morgan fingerprint density at radius 1 is 0.613 bits per heavy atom. The largest absolute Gasteiger partial charge is 0.454 e. The van der Waals surface area contributed by atoms with Crippen molar-refractivity contribution in [2.75, 3.05) is 95.3 Å². The third kappa shape index (κ3) is 15.2. The van der Waals surface area contributed by atoms with Crippen LogP contribution in [0.2, 0.25) is 0 Å². The molecule has 2 aromatic heterocycles. The molecule has 3 saturated heterocycles. The fourth-order valence-electron chi connectivity index (χ4n) is 6.34. The number of morpholine rings is 2. The van der Waals surface area contributed by atoms with Crippen molar-refractivity contribution >= 4 is 59.1 Å². The number of nitrogens with one attached hydrogen (secondary N) is 4. The van der Waals surface area contributed by atoms with Gasteiger partial charge in [0.2, 0.25) is 0 Å². The van der Waals surface area contributed by atoms with Crippen LogP contribution in [0.25, 0.3) is 0 Å². The first kappa shape index (κ1) is 46.6. The maximum Gasteiger partial charge on any atom is 0.329 e. The minimum Gasteiger partial charge on any atom is -0.454 e. The van der Waals surface area contributed by atoms with Crippen molar-refractivity contribution in [1.82, 2.24) is 31.2 Å². The van der Waals surface area contributed by atoms with Crippen LogP contribution in [-0.4, -0.2) is 161 Å². The van der Waals surface area contributed by atoms with Gasteiger partial charge in [-0.3, -0.25) is 33.6 Å². The summed E-state index contributed by atoms with van der Waals surface area (Å²) >= 11 is 0. The molecule has 22 heteroatoms. The maximum atomic E-state index is 13.6. The summed E-state index contributed by atoms with van der Waals surface area (Å²) in [5.41, 5.74) is 1.01. The number of cyclic esters (lactones) is 4. The summed E-state index contributed by atoms with van der Waals surface area (Å²) < 4.78 is 31.8. The van der Waals surface area contributed by atoms with E-state index in [1.165, 1.54) is 12.4 Å². The SMILES string of the molecule is CC(C)CC1NC(=O)COC(=O)CNC(=O)C(Cc2ccc(N3CCOCC3)nc2)OC(=O)CNC(=O)COC(=O)CNC(=O)C(Cc2ccc(N3CCOCC3)nc2)OC1=O. The summed E-state index contributed by atoms with van der Waals surface area (Å²) in [6.07, 6.45) is -0.271. The molecule has 0 bridgehead atoms. The van der Waals surface area contributed by atoms with Gasteiger partial charge in [0, 0.05) is 51.4 Å². The molecule has 2 aromatic rings. The number of amides is 4. The van der Waals surface area contributed by atoms with Crippen LogP contribution in [0.1, 0.15) is 31.4 Å². The molecule has 3 atom stereocenters. The second-order valence-corrected chi connectivity index (χ2v) is 14.8. The van der Waals surface area contributed by atoms with Crippen LogP contribution in [0.4, 0.5) is 11.6 Å². The quantitative estimate of drug-likeness (QED) is 0.161. The predicted octanol–water partition coefficient (Wildman–Crippen LogP) is -2.26. The van der Waals surface area contributed by atoms with Gasteiger partial charge in [0.05, 0.1) is 26.4 Å². The lowest BCUT2D eigenvalue weighted by atomic mass is 10.0. The Bertz CT molecular complexity index is 1890. The lowest BCUT2D eigenvalue weighted by Gasteiger charge is -2.28. The zero-order valence-corrected chi connectivity index (χ0v) is 34.6. The highest BCUT2D eigenvalue weighted by Gasteiger charge is 2.31. The van der Waals surface area contributed by atoms with Crippen molar-refractivity contribution in [2.24, 2.45) is 5.92 Å². The van der Waals surface area contributed by atoms with Gasteiger partial charge < -0.3 is 59.5 Å². The number of carbonyl (C=O) groups is 8. The number of nitrogens with zero attached hydrogens (tertiary/aromatic N) is 4. The Morgan fingerprint density at radius 3 is 1.55 bits per heavy atom. The van der Waals surface area contributed by atoms with Crippen LogP contribution in [0, 0.1) is 5.92 Å².